The van der Waals surface area contributed by atoms with Crippen LogP contribution >= 0.6 is 11.6 Å². The lowest BCUT2D eigenvalue weighted by Gasteiger charge is -2.12. The van der Waals surface area contributed by atoms with Crippen molar-refractivity contribution < 1.29 is 17.6 Å². The molecule has 3 aromatic rings. The predicted octanol–water partition coefficient (Wildman–Crippen LogP) is 4.36. The summed E-state index contributed by atoms with van der Waals surface area (Å²) in [6, 6.07) is 14.8. The van der Waals surface area contributed by atoms with Crippen LogP contribution in [0, 0.1) is 6.92 Å². The van der Waals surface area contributed by atoms with Gasteiger partial charge < -0.3 is 4.42 Å². The summed E-state index contributed by atoms with van der Waals surface area (Å²) in [7, 11) is -3.82. The number of hydrogen-bond donors (Lipinski definition) is 1. The lowest BCUT2D eigenvalue weighted by Crippen LogP contribution is -2.21. The molecule has 0 unspecified atom stereocenters. The Bertz CT molecular complexity index is 1360. The quantitative estimate of drug-likeness (QED) is 0.589. The summed E-state index contributed by atoms with van der Waals surface area (Å²) in [5.74, 6) is 0.791. The van der Waals surface area contributed by atoms with Crippen LogP contribution in [0.15, 0.2) is 74.6 Å². The van der Waals surface area contributed by atoms with Gasteiger partial charge in [-0.2, -0.15) is 10.1 Å². The molecule has 0 saturated carbocycles. The predicted molar refractivity (Wildman–Crippen MR) is 120 cm³/mol. The van der Waals surface area contributed by atoms with Gasteiger partial charge in [-0.15, -0.1) is 0 Å². The lowest BCUT2D eigenvalue weighted by atomic mass is 10.1. The molecule has 0 aliphatic carbocycles. The summed E-state index contributed by atoms with van der Waals surface area (Å²) < 4.78 is 28.8. The van der Waals surface area contributed by atoms with E-state index in [4.69, 9.17) is 21.2 Å². The SMILES string of the molecule is CC1=NN(c2ccc(S(N)(=O)=O)cc2)C(=O)/C1=C\c1ccc(-c2cccc(Cl)c2C)o1. The average molecular weight is 456 g/mol. The summed E-state index contributed by atoms with van der Waals surface area (Å²) in [5.41, 5.74) is 3.09. The van der Waals surface area contributed by atoms with Crippen molar-refractivity contribution in [2.75, 3.05) is 5.01 Å². The number of carbonyl (C=O) groups is 1. The van der Waals surface area contributed by atoms with E-state index in [1.165, 1.54) is 29.3 Å². The van der Waals surface area contributed by atoms with Crippen molar-refractivity contribution in [3.8, 4) is 11.3 Å². The van der Waals surface area contributed by atoms with Crippen LogP contribution in [0.3, 0.4) is 0 Å². The second kappa shape index (κ2) is 7.81. The largest absolute Gasteiger partial charge is 0.457 e. The zero-order chi connectivity index (χ0) is 22.3. The summed E-state index contributed by atoms with van der Waals surface area (Å²) >= 11 is 6.20. The Morgan fingerprint density at radius 3 is 2.45 bits per heavy atom. The van der Waals surface area contributed by atoms with Crippen molar-refractivity contribution in [1.82, 2.24) is 0 Å². The molecule has 0 atom stereocenters. The number of nitrogens with two attached hydrogens (primary N) is 1. The van der Waals surface area contributed by atoms with Crippen LogP contribution in [-0.2, 0) is 14.8 Å². The molecule has 31 heavy (non-hydrogen) atoms. The maximum absolute atomic E-state index is 12.9. The molecule has 0 radical (unpaired) electrons. The van der Waals surface area contributed by atoms with Crippen molar-refractivity contribution in [1.29, 1.82) is 0 Å². The second-order valence-electron chi connectivity index (χ2n) is 7.01. The van der Waals surface area contributed by atoms with E-state index in [0.717, 1.165) is 11.1 Å². The van der Waals surface area contributed by atoms with Gasteiger partial charge in [0.1, 0.15) is 11.5 Å². The molecule has 1 aliphatic rings. The van der Waals surface area contributed by atoms with Gasteiger partial charge in [-0.25, -0.2) is 13.6 Å². The molecule has 7 nitrogen and oxygen atoms in total. The highest BCUT2D eigenvalue weighted by Gasteiger charge is 2.29. The van der Waals surface area contributed by atoms with Gasteiger partial charge in [0.05, 0.1) is 21.9 Å². The molecule has 4 rings (SSSR count). The van der Waals surface area contributed by atoms with Gasteiger partial charge in [-0.05, 0) is 68.0 Å². The van der Waals surface area contributed by atoms with Crippen LogP contribution in [0.1, 0.15) is 18.2 Å². The van der Waals surface area contributed by atoms with Gasteiger partial charge in [-0.3, -0.25) is 4.79 Å². The van der Waals surface area contributed by atoms with Gasteiger partial charge >= 0.3 is 0 Å². The number of hydrogen-bond acceptors (Lipinski definition) is 5. The third-order valence-electron chi connectivity index (χ3n) is 4.92. The monoisotopic (exact) mass is 455 g/mol. The van der Waals surface area contributed by atoms with Gasteiger partial charge in [0, 0.05) is 10.6 Å². The number of amides is 1. The Morgan fingerprint density at radius 1 is 1.06 bits per heavy atom. The Morgan fingerprint density at radius 2 is 1.77 bits per heavy atom. The fourth-order valence-corrected chi connectivity index (χ4v) is 3.92. The van der Waals surface area contributed by atoms with E-state index in [9.17, 15) is 13.2 Å². The number of rotatable bonds is 4. The third-order valence-corrected chi connectivity index (χ3v) is 6.26. The van der Waals surface area contributed by atoms with E-state index in [1.54, 1.807) is 19.1 Å². The molecule has 2 N–H and O–H groups in total. The first kappa shape index (κ1) is 21.0. The first-order valence-corrected chi connectivity index (χ1v) is 11.2. The molecule has 0 saturated heterocycles. The van der Waals surface area contributed by atoms with Crippen LogP contribution in [0.2, 0.25) is 5.02 Å². The van der Waals surface area contributed by atoms with Gasteiger partial charge in [0.15, 0.2) is 0 Å². The van der Waals surface area contributed by atoms with E-state index < -0.39 is 10.0 Å². The Kier molecular flexibility index (Phi) is 5.30. The number of halogens is 1. The van der Waals surface area contributed by atoms with E-state index in [2.05, 4.69) is 5.10 Å². The Hall–Kier alpha value is -3.20. The average Bonchev–Trinajstić information content (AvgIpc) is 3.30. The number of nitrogens with zero attached hydrogens (tertiary/aromatic N) is 2. The zero-order valence-corrected chi connectivity index (χ0v) is 18.2. The van der Waals surface area contributed by atoms with E-state index in [0.29, 0.717) is 33.5 Å². The van der Waals surface area contributed by atoms with Crippen LogP contribution in [0.4, 0.5) is 5.69 Å². The molecular formula is C22H18ClN3O4S. The number of furan rings is 1. The van der Waals surface area contributed by atoms with Gasteiger partial charge in [0.25, 0.3) is 5.91 Å². The first-order chi connectivity index (χ1) is 14.6. The van der Waals surface area contributed by atoms with Gasteiger partial charge in [0.2, 0.25) is 10.0 Å². The number of primary sulfonamides is 1. The molecule has 2 heterocycles. The fraction of sp³-hybridized carbons (Fsp3) is 0.0909. The molecule has 9 heteroatoms. The molecule has 0 bridgehead atoms. The summed E-state index contributed by atoms with van der Waals surface area (Å²) in [5, 5.41) is 11.3. The van der Waals surface area contributed by atoms with Crippen molar-refractivity contribution in [2.45, 2.75) is 18.7 Å². The minimum absolute atomic E-state index is 0.0428. The number of anilines is 1. The van der Waals surface area contributed by atoms with Crippen molar-refractivity contribution in [3.63, 3.8) is 0 Å². The topological polar surface area (TPSA) is 106 Å². The maximum Gasteiger partial charge on any atom is 0.280 e. The molecule has 0 spiro atoms. The summed E-state index contributed by atoms with van der Waals surface area (Å²) in [6.07, 6.45) is 1.63. The van der Waals surface area contributed by atoms with Gasteiger partial charge in [-0.1, -0.05) is 23.7 Å². The van der Waals surface area contributed by atoms with Crippen LogP contribution < -0.4 is 10.1 Å². The van der Waals surface area contributed by atoms with E-state index >= 15 is 0 Å². The van der Waals surface area contributed by atoms with E-state index in [-0.39, 0.29) is 10.8 Å². The standard InChI is InChI=1S/C22H18ClN3O4S/c1-13-18(4-3-5-20(13)23)21-11-8-16(30-21)12-19-14(2)25-26(22(19)27)15-6-9-17(10-7-15)31(24,28)29/h3-12H,1-2H3,(H2,24,28,29)/b19-12-. The summed E-state index contributed by atoms with van der Waals surface area (Å²) in [6.45, 7) is 3.63. The van der Waals surface area contributed by atoms with Crippen LogP contribution in [0.25, 0.3) is 17.4 Å². The Balaban J connectivity index is 1.62. The summed E-state index contributed by atoms with van der Waals surface area (Å²) in [4.78, 5) is 12.9. The number of benzene rings is 2. The second-order valence-corrected chi connectivity index (χ2v) is 8.98. The fourth-order valence-electron chi connectivity index (χ4n) is 3.23. The number of carbonyl (C=O) groups excluding carboxylic acids is 1. The third kappa shape index (κ3) is 4.05. The molecule has 0 fully saturated rings. The highest BCUT2D eigenvalue weighted by atomic mass is 35.5. The normalized spacial score (nSPS) is 15.6. The molecule has 1 amide bonds. The molecule has 2 aromatic carbocycles. The molecule has 158 valence electrons. The van der Waals surface area contributed by atoms with E-state index in [1.807, 2.05) is 31.2 Å². The molecule has 1 aromatic heterocycles. The maximum atomic E-state index is 12.9. The smallest absolute Gasteiger partial charge is 0.280 e. The number of hydrazone groups is 1. The molecular weight excluding hydrogens is 438 g/mol. The lowest BCUT2D eigenvalue weighted by molar-refractivity contribution is -0.114. The highest BCUT2D eigenvalue weighted by Crippen LogP contribution is 2.31. The minimum atomic E-state index is -3.82. The minimum Gasteiger partial charge on any atom is -0.457 e. The van der Waals surface area contributed by atoms with Crippen LogP contribution in [0.5, 0.6) is 0 Å². The molecule has 1 aliphatic heterocycles. The van der Waals surface area contributed by atoms with Crippen molar-refractivity contribution in [3.05, 3.63) is 76.5 Å². The zero-order valence-electron chi connectivity index (χ0n) is 16.7. The Labute approximate surface area is 184 Å². The number of sulfonamides is 1. The first-order valence-electron chi connectivity index (χ1n) is 9.25. The van der Waals surface area contributed by atoms with Crippen LogP contribution in [-0.4, -0.2) is 20.0 Å². The van der Waals surface area contributed by atoms with Crippen molar-refractivity contribution >= 4 is 45.0 Å². The van der Waals surface area contributed by atoms with Crippen molar-refractivity contribution in [2.24, 2.45) is 10.2 Å². The highest BCUT2D eigenvalue weighted by molar-refractivity contribution is 7.89.